The summed E-state index contributed by atoms with van der Waals surface area (Å²) in [6, 6.07) is 10.2. The number of benzene rings is 1. The number of nitrogens with zero attached hydrogens (tertiary/aromatic N) is 2. The van der Waals surface area contributed by atoms with E-state index in [0.29, 0.717) is 11.4 Å². The molecule has 19 heavy (non-hydrogen) atoms. The summed E-state index contributed by atoms with van der Waals surface area (Å²) in [7, 11) is 0. The SMILES string of the molecule is CC1=C(C#N)C2C(=C(C)N1)C(N)=Nc1ccccc12. The average molecular weight is 250 g/mol. The van der Waals surface area contributed by atoms with Crippen LogP contribution < -0.4 is 11.1 Å². The molecule has 1 aromatic carbocycles. The Morgan fingerprint density at radius 2 is 2.00 bits per heavy atom. The molecule has 2 aliphatic heterocycles. The Morgan fingerprint density at radius 1 is 1.26 bits per heavy atom. The molecule has 1 atom stereocenters. The van der Waals surface area contributed by atoms with Crippen LogP contribution in [0.1, 0.15) is 25.3 Å². The maximum atomic E-state index is 9.45. The first-order valence-corrected chi connectivity index (χ1v) is 6.15. The second-order valence-corrected chi connectivity index (χ2v) is 4.80. The fraction of sp³-hybridized carbons (Fsp3) is 0.200. The molecule has 0 aliphatic carbocycles. The molecule has 0 radical (unpaired) electrons. The van der Waals surface area contributed by atoms with E-state index in [-0.39, 0.29) is 5.92 Å². The van der Waals surface area contributed by atoms with E-state index >= 15 is 0 Å². The lowest BCUT2D eigenvalue weighted by Gasteiger charge is -2.32. The molecule has 0 spiro atoms. The number of fused-ring (bicyclic) bond motifs is 3. The minimum Gasteiger partial charge on any atom is -0.383 e. The summed E-state index contributed by atoms with van der Waals surface area (Å²) in [6.07, 6.45) is 0. The third-order valence-electron chi connectivity index (χ3n) is 3.65. The van der Waals surface area contributed by atoms with E-state index in [4.69, 9.17) is 5.73 Å². The van der Waals surface area contributed by atoms with Gasteiger partial charge in [-0.25, -0.2) is 4.99 Å². The predicted molar refractivity (Wildman–Crippen MR) is 74.6 cm³/mol. The van der Waals surface area contributed by atoms with Gasteiger partial charge in [0.15, 0.2) is 0 Å². The van der Waals surface area contributed by atoms with Crippen molar-refractivity contribution < 1.29 is 0 Å². The Kier molecular flexibility index (Phi) is 2.42. The second-order valence-electron chi connectivity index (χ2n) is 4.80. The molecule has 0 amide bonds. The van der Waals surface area contributed by atoms with Crippen molar-refractivity contribution in [1.82, 2.24) is 5.32 Å². The number of dihydropyridines is 1. The van der Waals surface area contributed by atoms with E-state index in [0.717, 1.165) is 28.2 Å². The van der Waals surface area contributed by atoms with Crippen molar-refractivity contribution in [3.63, 3.8) is 0 Å². The summed E-state index contributed by atoms with van der Waals surface area (Å²) < 4.78 is 0. The summed E-state index contributed by atoms with van der Waals surface area (Å²) in [5, 5.41) is 12.7. The number of allylic oxidation sites excluding steroid dienone is 3. The van der Waals surface area contributed by atoms with Crippen LogP contribution in [0.3, 0.4) is 0 Å². The Balaban J connectivity index is 2.32. The molecule has 0 bridgehead atoms. The van der Waals surface area contributed by atoms with Gasteiger partial charge in [0.25, 0.3) is 0 Å². The van der Waals surface area contributed by atoms with Crippen LogP contribution in [0.5, 0.6) is 0 Å². The predicted octanol–water partition coefficient (Wildman–Crippen LogP) is 2.45. The van der Waals surface area contributed by atoms with E-state index in [1.165, 1.54) is 0 Å². The lowest BCUT2D eigenvalue weighted by Crippen LogP contribution is -2.32. The molecule has 3 N–H and O–H groups in total. The zero-order valence-electron chi connectivity index (χ0n) is 10.9. The van der Waals surface area contributed by atoms with Gasteiger partial charge in [-0.15, -0.1) is 0 Å². The number of amidine groups is 1. The number of aliphatic imine (C=N–C) groups is 1. The quantitative estimate of drug-likeness (QED) is 0.742. The molecule has 2 aliphatic rings. The van der Waals surface area contributed by atoms with E-state index in [1.807, 2.05) is 38.1 Å². The van der Waals surface area contributed by atoms with Crippen molar-refractivity contribution in [2.45, 2.75) is 19.8 Å². The minimum absolute atomic E-state index is 0.0973. The second kappa shape index (κ2) is 3.99. The minimum atomic E-state index is -0.0973. The van der Waals surface area contributed by atoms with Crippen molar-refractivity contribution in [3.05, 3.63) is 52.4 Å². The zero-order chi connectivity index (χ0) is 13.6. The number of hydrogen-bond donors (Lipinski definition) is 2. The zero-order valence-corrected chi connectivity index (χ0v) is 10.9. The number of para-hydroxylation sites is 1. The van der Waals surface area contributed by atoms with Gasteiger partial charge >= 0.3 is 0 Å². The van der Waals surface area contributed by atoms with Gasteiger partial charge in [-0.2, -0.15) is 5.26 Å². The Bertz CT molecular complexity index is 701. The third kappa shape index (κ3) is 1.55. The van der Waals surface area contributed by atoms with Gasteiger partial charge in [0.2, 0.25) is 0 Å². The molecule has 0 aromatic heterocycles. The summed E-state index contributed by atoms with van der Waals surface area (Å²) >= 11 is 0. The van der Waals surface area contributed by atoms with Crippen LogP contribution in [0, 0.1) is 11.3 Å². The monoisotopic (exact) mass is 250 g/mol. The molecule has 0 fully saturated rings. The molecule has 94 valence electrons. The number of nitrogens with one attached hydrogen (secondary N) is 1. The average Bonchev–Trinajstić information content (AvgIpc) is 2.38. The standard InChI is InChI=1S/C15H14N4/c1-8-11(7-16)14-10-5-3-4-6-12(10)19-15(17)13(14)9(2)18-8/h3-6,14,18H,1-2H3,(H2,17,19). The molecular weight excluding hydrogens is 236 g/mol. The van der Waals surface area contributed by atoms with Gasteiger partial charge in [0.1, 0.15) is 5.84 Å². The van der Waals surface area contributed by atoms with Crippen LogP contribution in [0.15, 0.2) is 51.8 Å². The summed E-state index contributed by atoms with van der Waals surface area (Å²) in [6.45, 7) is 3.89. The smallest absolute Gasteiger partial charge is 0.130 e. The highest BCUT2D eigenvalue weighted by Crippen LogP contribution is 2.44. The number of nitriles is 1. The topological polar surface area (TPSA) is 74.2 Å². The largest absolute Gasteiger partial charge is 0.383 e. The molecule has 1 aromatic rings. The fourth-order valence-electron chi connectivity index (χ4n) is 2.82. The molecule has 1 unspecified atom stereocenters. The van der Waals surface area contributed by atoms with E-state index in [9.17, 15) is 5.26 Å². The van der Waals surface area contributed by atoms with Crippen molar-refractivity contribution in [2.24, 2.45) is 10.7 Å². The van der Waals surface area contributed by atoms with Crippen LogP contribution in [0.4, 0.5) is 5.69 Å². The highest BCUT2D eigenvalue weighted by molar-refractivity contribution is 6.04. The van der Waals surface area contributed by atoms with Gasteiger partial charge in [-0.1, -0.05) is 18.2 Å². The first-order valence-electron chi connectivity index (χ1n) is 6.15. The van der Waals surface area contributed by atoms with Crippen molar-refractivity contribution >= 4 is 11.5 Å². The first kappa shape index (κ1) is 11.5. The van der Waals surface area contributed by atoms with Crippen molar-refractivity contribution in [3.8, 4) is 6.07 Å². The molecule has 4 nitrogen and oxygen atoms in total. The molecular formula is C15H14N4. The molecule has 4 heteroatoms. The highest BCUT2D eigenvalue weighted by atomic mass is 15.0. The van der Waals surface area contributed by atoms with Crippen molar-refractivity contribution in [2.75, 3.05) is 0 Å². The Morgan fingerprint density at radius 3 is 2.74 bits per heavy atom. The number of hydrogen-bond acceptors (Lipinski definition) is 4. The van der Waals surface area contributed by atoms with E-state index in [1.54, 1.807) is 0 Å². The molecule has 3 rings (SSSR count). The van der Waals surface area contributed by atoms with Gasteiger partial charge < -0.3 is 11.1 Å². The normalized spacial score (nSPS) is 21.1. The maximum Gasteiger partial charge on any atom is 0.130 e. The Hall–Kier alpha value is -2.54. The summed E-state index contributed by atoms with van der Waals surface area (Å²) in [5.41, 5.74) is 11.5. The van der Waals surface area contributed by atoms with Gasteiger partial charge in [0.05, 0.1) is 23.2 Å². The van der Waals surface area contributed by atoms with Gasteiger partial charge in [0, 0.05) is 17.0 Å². The maximum absolute atomic E-state index is 9.45. The molecule has 0 saturated heterocycles. The van der Waals surface area contributed by atoms with Gasteiger partial charge in [-0.05, 0) is 25.5 Å². The van der Waals surface area contributed by atoms with Crippen LogP contribution in [-0.4, -0.2) is 5.84 Å². The number of rotatable bonds is 0. The third-order valence-corrected chi connectivity index (χ3v) is 3.65. The fourth-order valence-corrected chi connectivity index (χ4v) is 2.82. The Labute approximate surface area is 112 Å². The highest BCUT2D eigenvalue weighted by Gasteiger charge is 2.34. The first-order chi connectivity index (χ1) is 9.13. The van der Waals surface area contributed by atoms with E-state index in [2.05, 4.69) is 16.4 Å². The summed E-state index contributed by atoms with van der Waals surface area (Å²) in [4.78, 5) is 4.44. The van der Waals surface area contributed by atoms with Crippen LogP contribution in [0.2, 0.25) is 0 Å². The van der Waals surface area contributed by atoms with Crippen LogP contribution in [-0.2, 0) is 0 Å². The van der Waals surface area contributed by atoms with Crippen LogP contribution >= 0.6 is 0 Å². The number of nitrogens with two attached hydrogens (primary N) is 1. The lowest BCUT2D eigenvalue weighted by molar-refractivity contribution is 0.812. The van der Waals surface area contributed by atoms with Crippen LogP contribution in [0.25, 0.3) is 0 Å². The van der Waals surface area contributed by atoms with Gasteiger partial charge in [-0.3, -0.25) is 0 Å². The summed E-state index contributed by atoms with van der Waals surface area (Å²) in [5.74, 6) is 0.397. The lowest BCUT2D eigenvalue weighted by atomic mass is 9.78. The van der Waals surface area contributed by atoms with Crippen molar-refractivity contribution in [1.29, 1.82) is 5.26 Å². The van der Waals surface area contributed by atoms with E-state index < -0.39 is 0 Å². The molecule has 2 heterocycles. The molecule has 0 saturated carbocycles.